The topological polar surface area (TPSA) is 153 Å². The lowest BCUT2D eigenvalue weighted by Crippen LogP contribution is -2.56. The van der Waals surface area contributed by atoms with Gasteiger partial charge in [-0.05, 0) is 47.7 Å². The van der Waals surface area contributed by atoms with Crippen LogP contribution in [0.5, 0.6) is 5.75 Å². The van der Waals surface area contributed by atoms with Gasteiger partial charge in [-0.3, -0.25) is 19.2 Å². The van der Waals surface area contributed by atoms with Crippen molar-refractivity contribution >= 4 is 23.7 Å². The third kappa shape index (κ3) is 5.12. The number of fused-ring (bicyclic) bond motifs is 2. The molecule has 2 aliphatic rings. The first-order chi connectivity index (χ1) is 16.6. The fraction of sp³-hybridized carbons (Fsp3) is 0.360. The van der Waals surface area contributed by atoms with Gasteiger partial charge in [-0.25, -0.2) is 0 Å². The monoisotopic (exact) mass is 480 g/mol. The molecule has 2 aromatic carbocycles. The van der Waals surface area contributed by atoms with Crippen LogP contribution in [0.15, 0.2) is 42.5 Å². The normalized spacial score (nSPS) is 20.9. The molecule has 0 radical (unpaired) electrons. The van der Waals surface area contributed by atoms with E-state index in [0.29, 0.717) is 5.56 Å². The zero-order valence-corrected chi connectivity index (χ0v) is 19.3. The van der Waals surface area contributed by atoms with Crippen molar-refractivity contribution in [1.82, 2.24) is 15.1 Å². The van der Waals surface area contributed by atoms with Crippen molar-refractivity contribution < 1.29 is 29.4 Å². The van der Waals surface area contributed by atoms with E-state index in [-0.39, 0.29) is 31.7 Å². The lowest BCUT2D eigenvalue weighted by atomic mass is 10.0. The number of hydrogen-bond acceptors (Lipinski definition) is 6. The first kappa shape index (κ1) is 24.2. The van der Waals surface area contributed by atoms with E-state index in [2.05, 4.69) is 5.32 Å². The van der Waals surface area contributed by atoms with Gasteiger partial charge in [0.2, 0.25) is 17.7 Å². The second-order valence-electron chi connectivity index (χ2n) is 9.03. The maximum absolute atomic E-state index is 13.3. The molecule has 3 amide bonds. The summed E-state index contributed by atoms with van der Waals surface area (Å²) in [4.78, 5) is 53.4. The van der Waals surface area contributed by atoms with Crippen LogP contribution in [0.3, 0.4) is 0 Å². The molecule has 0 saturated heterocycles. The van der Waals surface area contributed by atoms with Crippen molar-refractivity contribution in [2.75, 3.05) is 6.54 Å². The molecule has 10 heteroatoms. The van der Waals surface area contributed by atoms with Crippen molar-refractivity contribution in [1.29, 1.82) is 0 Å². The van der Waals surface area contributed by atoms with E-state index >= 15 is 0 Å². The SMILES string of the molecule is C[C@H](C(=O)N[C@H]1Cc2ccccc2CN(CC(=O)O)C1=O)N1Cc2cc(O)ccc2C[C@H](N)C1=O. The number of hydrogen-bond donors (Lipinski definition) is 4. The predicted molar refractivity (Wildman–Crippen MR) is 125 cm³/mol. The standard InChI is InChI=1S/C25H28N4O6/c1-14(29-12-18-8-19(30)7-6-16(18)9-20(26)24(29)34)23(33)27-21-10-15-4-2-3-5-17(15)11-28(25(21)35)13-22(31)32/h2-8,14,20-21,30H,9-13,26H2,1H3,(H,27,33)(H,31,32)/t14-,20+,21+/m1/s1. The highest BCUT2D eigenvalue weighted by molar-refractivity contribution is 5.94. The van der Waals surface area contributed by atoms with E-state index in [1.807, 2.05) is 24.3 Å². The van der Waals surface area contributed by atoms with Crippen molar-refractivity contribution in [3.63, 3.8) is 0 Å². The molecular weight excluding hydrogens is 452 g/mol. The van der Waals surface area contributed by atoms with Crippen LogP contribution < -0.4 is 11.1 Å². The molecule has 10 nitrogen and oxygen atoms in total. The number of amides is 3. The van der Waals surface area contributed by atoms with Crippen molar-refractivity contribution in [2.24, 2.45) is 5.73 Å². The highest BCUT2D eigenvalue weighted by Gasteiger charge is 2.36. The lowest BCUT2D eigenvalue weighted by Gasteiger charge is -2.30. The van der Waals surface area contributed by atoms with E-state index in [9.17, 15) is 29.4 Å². The summed E-state index contributed by atoms with van der Waals surface area (Å²) in [6.45, 7) is 1.27. The fourth-order valence-corrected chi connectivity index (χ4v) is 4.65. The Morgan fingerprint density at radius 2 is 1.71 bits per heavy atom. The van der Waals surface area contributed by atoms with Gasteiger partial charge >= 0.3 is 5.97 Å². The number of carboxylic acids is 1. The van der Waals surface area contributed by atoms with Gasteiger partial charge in [0, 0.05) is 19.5 Å². The first-order valence-corrected chi connectivity index (χ1v) is 11.4. The van der Waals surface area contributed by atoms with Crippen LogP contribution in [0.4, 0.5) is 0 Å². The molecule has 2 heterocycles. The van der Waals surface area contributed by atoms with Gasteiger partial charge in [0.05, 0.1) is 6.04 Å². The number of nitrogens with one attached hydrogen (secondary N) is 1. The number of carboxylic acid groups (broad SMARTS) is 1. The highest BCUT2D eigenvalue weighted by Crippen LogP contribution is 2.25. The van der Waals surface area contributed by atoms with Gasteiger partial charge in [-0.1, -0.05) is 30.3 Å². The molecule has 0 saturated carbocycles. The van der Waals surface area contributed by atoms with Crippen LogP contribution in [-0.4, -0.2) is 68.4 Å². The minimum absolute atomic E-state index is 0.0463. The summed E-state index contributed by atoms with van der Waals surface area (Å²) in [5, 5.41) is 21.9. The first-order valence-electron chi connectivity index (χ1n) is 11.4. The smallest absolute Gasteiger partial charge is 0.323 e. The Bertz CT molecular complexity index is 1180. The number of benzene rings is 2. The molecule has 0 bridgehead atoms. The zero-order chi connectivity index (χ0) is 25.3. The highest BCUT2D eigenvalue weighted by atomic mass is 16.4. The van der Waals surface area contributed by atoms with E-state index in [0.717, 1.165) is 16.7 Å². The Hall–Kier alpha value is -3.92. The van der Waals surface area contributed by atoms with Crippen LogP contribution in [0.25, 0.3) is 0 Å². The largest absolute Gasteiger partial charge is 0.508 e. The number of phenols is 1. The number of carbonyl (C=O) groups is 4. The Labute approximate surface area is 202 Å². The number of nitrogens with zero attached hydrogens (tertiary/aromatic N) is 2. The Balaban J connectivity index is 1.57. The van der Waals surface area contributed by atoms with Gasteiger partial charge in [-0.2, -0.15) is 0 Å². The molecule has 0 aliphatic carbocycles. The molecule has 3 atom stereocenters. The number of aromatic hydroxyl groups is 1. The molecule has 2 aromatic rings. The van der Waals surface area contributed by atoms with Gasteiger partial charge in [0.1, 0.15) is 24.4 Å². The van der Waals surface area contributed by atoms with Crippen molar-refractivity contribution in [2.45, 2.75) is 51.0 Å². The van der Waals surface area contributed by atoms with Crippen LogP contribution >= 0.6 is 0 Å². The van der Waals surface area contributed by atoms with Gasteiger partial charge < -0.3 is 31.1 Å². The van der Waals surface area contributed by atoms with E-state index in [1.54, 1.807) is 19.1 Å². The van der Waals surface area contributed by atoms with Crippen molar-refractivity contribution in [3.05, 3.63) is 64.7 Å². The molecule has 0 spiro atoms. The third-order valence-corrected chi connectivity index (χ3v) is 6.57. The maximum Gasteiger partial charge on any atom is 0.323 e. The van der Waals surface area contributed by atoms with Crippen LogP contribution in [0.2, 0.25) is 0 Å². The molecule has 0 aromatic heterocycles. The summed E-state index contributed by atoms with van der Waals surface area (Å²) in [6, 6.07) is 9.30. The van der Waals surface area contributed by atoms with Gasteiger partial charge in [0.25, 0.3) is 0 Å². The quantitative estimate of drug-likeness (QED) is 0.475. The summed E-state index contributed by atoms with van der Waals surface area (Å²) in [5.41, 5.74) is 9.27. The third-order valence-electron chi connectivity index (χ3n) is 6.57. The van der Waals surface area contributed by atoms with Crippen molar-refractivity contribution in [3.8, 4) is 5.75 Å². The summed E-state index contributed by atoms with van der Waals surface area (Å²) >= 11 is 0. The number of phenolic OH excluding ortho intramolecular Hbond substituents is 1. The second kappa shape index (κ2) is 9.75. The Morgan fingerprint density at radius 1 is 1.03 bits per heavy atom. The minimum Gasteiger partial charge on any atom is -0.508 e. The number of nitrogens with two attached hydrogens (primary N) is 1. The molecule has 35 heavy (non-hydrogen) atoms. The van der Waals surface area contributed by atoms with E-state index in [1.165, 1.54) is 15.9 Å². The summed E-state index contributed by atoms with van der Waals surface area (Å²) < 4.78 is 0. The summed E-state index contributed by atoms with van der Waals surface area (Å²) in [6.07, 6.45) is 0.481. The molecule has 4 rings (SSSR count). The average Bonchev–Trinajstić information content (AvgIpc) is 3.02. The second-order valence-corrected chi connectivity index (χ2v) is 9.03. The van der Waals surface area contributed by atoms with Crippen LogP contribution in [0, 0.1) is 0 Å². The fourth-order valence-electron chi connectivity index (χ4n) is 4.65. The molecule has 0 fully saturated rings. The van der Waals surface area contributed by atoms with Crippen LogP contribution in [-0.2, 0) is 45.1 Å². The van der Waals surface area contributed by atoms with Gasteiger partial charge in [-0.15, -0.1) is 0 Å². The van der Waals surface area contributed by atoms with Crippen LogP contribution in [0.1, 0.15) is 29.2 Å². The Kier molecular flexibility index (Phi) is 6.74. The molecule has 184 valence electrons. The molecule has 5 N–H and O–H groups in total. The predicted octanol–water partition coefficient (Wildman–Crippen LogP) is 0.147. The number of rotatable bonds is 5. The average molecular weight is 481 g/mol. The van der Waals surface area contributed by atoms with E-state index in [4.69, 9.17) is 5.73 Å². The summed E-state index contributed by atoms with van der Waals surface area (Å²) in [5.74, 6) is -2.57. The maximum atomic E-state index is 13.3. The summed E-state index contributed by atoms with van der Waals surface area (Å²) in [7, 11) is 0. The minimum atomic E-state index is -1.15. The zero-order valence-electron chi connectivity index (χ0n) is 19.3. The molecule has 0 unspecified atom stereocenters. The number of carbonyl (C=O) groups excluding carboxylic acids is 3. The van der Waals surface area contributed by atoms with Gasteiger partial charge in [0.15, 0.2) is 0 Å². The lowest BCUT2D eigenvalue weighted by molar-refractivity contribution is -0.147. The number of aliphatic carboxylic acids is 1. The Morgan fingerprint density at radius 3 is 2.43 bits per heavy atom. The molecular formula is C25H28N4O6. The van der Waals surface area contributed by atoms with E-state index < -0.39 is 48.4 Å². The molecule has 2 aliphatic heterocycles.